The van der Waals surface area contributed by atoms with Gasteiger partial charge >= 0.3 is 12.0 Å². The van der Waals surface area contributed by atoms with Crippen molar-refractivity contribution < 1.29 is 13.9 Å². The Balaban J connectivity index is 1.60. The van der Waals surface area contributed by atoms with Gasteiger partial charge in [-0.1, -0.05) is 18.3 Å². The van der Waals surface area contributed by atoms with Crippen molar-refractivity contribution in [3.63, 3.8) is 0 Å². The predicted octanol–water partition coefficient (Wildman–Crippen LogP) is 3.14. The number of aromatic nitrogens is 4. The van der Waals surface area contributed by atoms with Crippen LogP contribution in [0.15, 0.2) is 16.7 Å². The molecule has 0 atom stereocenters. The van der Waals surface area contributed by atoms with E-state index in [2.05, 4.69) is 30.6 Å². The topological polar surface area (TPSA) is 115 Å². The third-order valence-corrected chi connectivity index (χ3v) is 4.94. The highest BCUT2D eigenvalue weighted by molar-refractivity contribution is 7.19. The Kier molecular flexibility index (Phi) is 6.19. The number of urea groups is 1. The van der Waals surface area contributed by atoms with Crippen molar-refractivity contribution in [1.29, 1.82) is 0 Å². The molecule has 0 bridgehead atoms. The summed E-state index contributed by atoms with van der Waals surface area (Å²) in [6, 6.07) is 1.82. The van der Waals surface area contributed by atoms with E-state index in [1.807, 2.05) is 26.8 Å². The van der Waals surface area contributed by atoms with Gasteiger partial charge in [-0.25, -0.2) is 19.7 Å². The first-order valence-electron chi connectivity index (χ1n) is 8.84. The highest BCUT2D eigenvalue weighted by atomic mass is 32.1. The fourth-order valence-electron chi connectivity index (χ4n) is 2.49. The average Bonchev–Trinajstić information content (AvgIpc) is 3.27. The zero-order chi connectivity index (χ0) is 20.1. The molecule has 0 spiro atoms. The molecular formula is C18H22N6O3S. The molecule has 148 valence electrons. The number of methoxy groups -OCH3 is 1. The van der Waals surface area contributed by atoms with E-state index in [9.17, 15) is 4.79 Å². The van der Waals surface area contributed by atoms with Gasteiger partial charge in [-0.15, -0.1) is 0 Å². The molecular weight excluding hydrogens is 380 g/mol. The first-order chi connectivity index (χ1) is 13.5. The number of nitrogens with one attached hydrogen (secondary N) is 2. The molecule has 3 aromatic rings. The average molecular weight is 402 g/mol. The molecule has 0 fully saturated rings. The second-order valence-electron chi connectivity index (χ2n) is 6.02. The molecule has 9 nitrogen and oxygen atoms in total. The first kappa shape index (κ1) is 19.7. The Labute approximate surface area is 166 Å². The number of hydrogen-bond acceptors (Lipinski definition) is 8. The largest absolute Gasteiger partial charge is 0.467 e. The quantitative estimate of drug-likeness (QED) is 0.624. The number of thiazole rings is 1. The molecule has 3 rings (SSSR count). The van der Waals surface area contributed by atoms with Crippen LogP contribution in [0.4, 0.5) is 9.93 Å². The molecule has 10 heteroatoms. The van der Waals surface area contributed by atoms with Crippen molar-refractivity contribution in [3.05, 3.63) is 35.3 Å². The number of oxazole rings is 1. The minimum atomic E-state index is -0.334. The van der Waals surface area contributed by atoms with E-state index in [0.29, 0.717) is 35.7 Å². The molecule has 2 N–H and O–H groups in total. The lowest BCUT2D eigenvalue weighted by Gasteiger charge is -2.04. The summed E-state index contributed by atoms with van der Waals surface area (Å²) in [5.74, 6) is 1.44. The minimum Gasteiger partial charge on any atom is -0.467 e. The van der Waals surface area contributed by atoms with Crippen LogP contribution in [0.3, 0.4) is 0 Å². The maximum Gasteiger partial charge on any atom is 0.321 e. The summed E-state index contributed by atoms with van der Waals surface area (Å²) in [5.41, 5.74) is 2.27. The maximum absolute atomic E-state index is 12.1. The first-order valence-corrected chi connectivity index (χ1v) is 9.66. The highest BCUT2D eigenvalue weighted by Crippen LogP contribution is 2.32. The Morgan fingerprint density at radius 3 is 2.82 bits per heavy atom. The van der Waals surface area contributed by atoms with Crippen LogP contribution >= 0.6 is 11.3 Å². The van der Waals surface area contributed by atoms with Gasteiger partial charge in [0, 0.05) is 25.1 Å². The molecule has 0 unspecified atom stereocenters. The van der Waals surface area contributed by atoms with Crippen LogP contribution in [0.2, 0.25) is 0 Å². The smallest absolute Gasteiger partial charge is 0.321 e. The SMILES string of the molecule is CCc1cnc(CCNC(=O)Nc2nc(C)c(-c3cc(C)nc(OC)n3)s2)o1. The van der Waals surface area contributed by atoms with E-state index in [-0.39, 0.29) is 6.03 Å². The zero-order valence-corrected chi connectivity index (χ0v) is 17.0. The van der Waals surface area contributed by atoms with Crippen molar-refractivity contribution >= 4 is 22.5 Å². The van der Waals surface area contributed by atoms with Crippen LogP contribution in [0, 0.1) is 13.8 Å². The monoisotopic (exact) mass is 402 g/mol. The number of hydrogen-bond donors (Lipinski definition) is 2. The van der Waals surface area contributed by atoms with Crippen molar-refractivity contribution in [2.45, 2.75) is 33.6 Å². The lowest BCUT2D eigenvalue weighted by molar-refractivity contribution is 0.252. The molecule has 2 amide bonds. The van der Waals surface area contributed by atoms with E-state index >= 15 is 0 Å². The van der Waals surface area contributed by atoms with Crippen molar-refractivity contribution in [2.75, 3.05) is 19.0 Å². The predicted molar refractivity (Wildman–Crippen MR) is 106 cm³/mol. The van der Waals surface area contributed by atoms with E-state index in [0.717, 1.165) is 28.4 Å². The van der Waals surface area contributed by atoms with Gasteiger partial charge in [0.1, 0.15) is 5.76 Å². The van der Waals surface area contributed by atoms with Gasteiger partial charge in [-0.3, -0.25) is 5.32 Å². The molecule has 0 aromatic carbocycles. The maximum atomic E-state index is 12.1. The van der Waals surface area contributed by atoms with Crippen LogP contribution in [0.25, 0.3) is 10.6 Å². The molecule has 28 heavy (non-hydrogen) atoms. The number of aryl methyl sites for hydroxylation is 3. The lowest BCUT2D eigenvalue weighted by Crippen LogP contribution is -2.30. The van der Waals surface area contributed by atoms with Crippen molar-refractivity contribution in [1.82, 2.24) is 25.3 Å². The normalized spacial score (nSPS) is 10.7. The Bertz CT molecular complexity index is 968. The number of ether oxygens (including phenoxy) is 1. The van der Waals surface area contributed by atoms with Crippen molar-refractivity contribution in [3.8, 4) is 16.6 Å². The minimum absolute atomic E-state index is 0.299. The number of amides is 2. The summed E-state index contributed by atoms with van der Waals surface area (Å²) < 4.78 is 10.6. The summed E-state index contributed by atoms with van der Waals surface area (Å²) >= 11 is 1.35. The van der Waals surface area contributed by atoms with Gasteiger partial charge < -0.3 is 14.5 Å². The van der Waals surface area contributed by atoms with Gasteiger partial charge in [-0.2, -0.15) is 4.98 Å². The van der Waals surface area contributed by atoms with E-state index < -0.39 is 0 Å². The standard InChI is InChI=1S/C18H22N6O3S/c1-5-12-9-20-14(27-12)6-7-19-16(25)24-18-22-11(3)15(28-18)13-8-10(2)21-17(23-13)26-4/h8-9H,5-7H2,1-4H3,(H2,19,22,24,25). The summed E-state index contributed by atoms with van der Waals surface area (Å²) in [4.78, 5) is 30.1. The molecule has 3 heterocycles. The zero-order valence-electron chi connectivity index (χ0n) is 16.2. The number of carbonyl (C=O) groups is 1. The van der Waals surface area contributed by atoms with Gasteiger partial charge in [0.15, 0.2) is 11.0 Å². The van der Waals surface area contributed by atoms with Crippen LogP contribution < -0.4 is 15.4 Å². The van der Waals surface area contributed by atoms with E-state index in [1.165, 1.54) is 18.4 Å². The number of nitrogens with zero attached hydrogens (tertiary/aromatic N) is 4. The molecule has 0 saturated heterocycles. The van der Waals surface area contributed by atoms with Crippen LogP contribution in [0.1, 0.15) is 30.0 Å². The van der Waals surface area contributed by atoms with Gasteiger partial charge in [0.25, 0.3) is 0 Å². The van der Waals surface area contributed by atoms with Crippen LogP contribution in [-0.2, 0) is 12.8 Å². The van der Waals surface area contributed by atoms with E-state index in [4.69, 9.17) is 9.15 Å². The van der Waals surface area contributed by atoms with Crippen molar-refractivity contribution in [2.24, 2.45) is 0 Å². The number of rotatable bonds is 7. The summed E-state index contributed by atoms with van der Waals surface area (Å²) in [6.07, 6.45) is 3.03. The number of carbonyl (C=O) groups excluding carboxylic acids is 1. The lowest BCUT2D eigenvalue weighted by atomic mass is 10.2. The third-order valence-electron chi connectivity index (χ3n) is 3.84. The van der Waals surface area contributed by atoms with E-state index in [1.54, 1.807) is 6.20 Å². The molecule has 0 saturated carbocycles. The van der Waals surface area contributed by atoms with Crippen LogP contribution in [0.5, 0.6) is 6.01 Å². The fraction of sp³-hybridized carbons (Fsp3) is 0.389. The van der Waals surface area contributed by atoms with Gasteiger partial charge in [0.05, 0.1) is 29.6 Å². The fourth-order valence-corrected chi connectivity index (χ4v) is 3.41. The highest BCUT2D eigenvalue weighted by Gasteiger charge is 2.15. The second kappa shape index (κ2) is 8.79. The summed E-state index contributed by atoms with van der Waals surface area (Å²) in [5, 5.41) is 6.01. The summed E-state index contributed by atoms with van der Waals surface area (Å²) in [6.45, 7) is 6.15. The van der Waals surface area contributed by atoms with Gasteiger partial charge in [0.2, 0.25) is 0 Å². The molecule has 0 aliphatic carbocycles. The summed E-state index contributed by atoms with van der Waals surface area (Å²) in [7, 11) is 1.52. The van der Waals surface area contributed by atoms with Crippen LogP contribution in [-0.4, -0.2) is 39.6 Å². The Hall–Kier alpha value is -3.01. The Morgan fingerprint density at radius 1 is 1.29 bits per heavy atom. The third kappa shape index (κ3) is 4.83. The van der Waals surface area contributed by atoms with Gasteiger partial charge in [-0.05, 0) is 19.9 Å². The second-order valence-corrected chi connectivity index (χ2v) is 7.02. The molecule has 0 aliphatic rings. The Morgan fingerprint density at radius 2 is 2.11 bits per heavy atom. The number of anilines is 1. The molecule has 0 radical (unpaired) electrons. The molecule has 3 aromatic heterocycles. The molecule has 0 aliphatic heterocycles.